The molecule has 0 fully saturated rings. The molecule has 13 heteroatoms. The van der Waals surface area contributed by atoms with Gasteiger partial charge in [-0.25, -0.2) is 9.97 Å². The number of alkyl halides is 6. The Hall–Kier alpha value is -2.25. The number of thiazole rings is 1. The molecule has 0 saturated heterocycles. The second-order valence-electron chi connectivity index (χ2n) is 5.71. The molecule has 0 radical (unpaired) electrons. The number of amides is 1. The lowest BCUT2D eigenvalue weighted by Crippen LogP contribution is -2.53. The average Bonchev–Trinajstić information content (AvgIpc) is 3.00. The van der Waals surface area contributed by atoms with Crippen LogP contribution in [0.4, 0.5) is 31.5 Å². The highest BCUT2D eigenvalue weighted by atomic mass is 79.9. The normalized spacial score (nSPS) is 13.0. The quantitative estimate of drug-likeness (QED) is 0.392. The Bertz CT molecular complexity index is 1050. The molecular weight excluding hydrogens is 492 g/mol. The summed E-state index contributed by atoms with van der Waals surface area (Å²) in [5, 5.41) is 11.9. The SMILES string of the molecule is O=C(Nc1nc2ccc(Br)nc2s1)c1ccc(C(O)(C(F)(F)F)C(F)(F)F)cc1. The lowest BCUT2D eigenvalue weighted by atomic mass is 9.91. The number of nitrogens with one attached hydrogen (secondary N) is 1. The van der Waals surface area contributed by atoms with E-state index in [1.54, 1.807) is 12.1 Å². The minimum absolute atomic E-state index is 0.141. The molecule has 0 aliphatic carbocycles. The second-order valence-corrected chi connectivity index (χ2v) is 7.50. The van der Waals surface area contributed by atoms with Gasteiger partial charge in [-0.2, -0.15) is 26.3 Å². The molecule has 29 heavy (non-hydrogen) atoms. The Morgan fingerprint density at radius 3 is 2.10 bits per heavy atom. The molecule has 3 aromatic rings. The van der Waals surface area contributed by atoms with Crippen molar-refractivity contribution >= 4 is 48.7 Å². The number of benzene rings is 1. The largest absolute Gasteiger partial charge is 0.430 e. The van der Waals surface area contributed by atoms with E-state index in [1.807, 2.05) is 0 Å². The summed E-state index contributed by atoms with van der Waals surface area (Å²) < 4.78 is 77.9. The molecule has 2 heterocycles. The molecule has 0 aliphatic heterocycles. The third-order valence-electron chi connectivity index (χ3n) is 3.83. The van der Waals surface area contributed by atoms with Gasteiger partial charge in [-0.15, -0.1) is 0 Å². The molecule has 0 aliphatic rings. The summed E-state index contributed by atoms with van der Waals surface area (Å²) in [6.45, 7) is 0. The van der Waals surface area contributed by atoms with Crippen molar-refractivity contribution in [2.75, 3.05) is 5.32 Å². The number of aromatic nitrogens is 2. The Morgan fingerprint density at radius 1 is 0.966 bits per heavy atom. The molecule has 0 saturated carbocycles. The van der Waals surface area contributed by atoms with Crippen LogP contribution >= 0.6 is 27.3 Å². The Labute approximate surface area is 170 Å². The van der Waals surface area contributed by atoms with Crippen molar-refractivity contribution in [2.24, 2.45) is 0 Å². The maximum Gasteiger partial charge on any atom is 0.430 e. The predicted molar refractivity (Wildman–Crippen MR) is 95.5 cm³/mol. The molecule has 0 unspecified atom stereocenters. The van der Waals surface area contributed by atoms with Crippen LogP contribution in [0.2, 0.25) is 0 Å². The van der Waals surface area contributed by atoms with Gasteiger partial charge in [-0.1, -0.05) is 23.5 Å². The topological polar surface area (TPSA) is 75.1 Å². The highest BCUT2D eigenvalue weighted by molar-refractivity contribution is 9.10. The zero-order chi connectivity index (χ0) is 21.6. The number of hydrogen-bond acceptors (Lipinski definition) is 5. The van der Waals surface area contributed by atoms with Gasteiger partial charge in [0.15, 0.2) is 5.13 Å². The van der Waals surface area contributed by atoms with E-state index in [0.29, 0.717) is 27.1 Å². The second kappa shape index (κ2) is 7.22. The summed E-state index contributed by atoms with van der Waals surface area (Å²) in [6, 6.07) is 5.56. The van der Waals surface area contributed by atoms with Gasteiger partial charge in [-0.05, 0) is 40.2 Å². The number of carbonyl (C=O) groups excluding carboxylic acids is 1. The minimum atomic E-state index is -6.00. The fourth-order valence-corrected chi connectivity index (χ4v) is 3.63. The van der Waals surface area contributed by atoms with Crippen LogP contribution in [-0.2, 0) is 5.60 Å². The van der Waals surface area contributed by atoms with E-state index in [1.165, 1.54) is 0 Å². The third-order valence-corrected chi connectivity index (χ3v) is 5.15. The average molecular weight is 500 g/mol. The van der Waals surface area contributed by atoms with Gasteiger partial charge < -0.3 is 5.11 Å². The molecule has 0 atom stereocenters. The molecule has 0 bridgehead atoms. The monoisotopic (exact) mass is 499 g/mol. The molecular formula is C16H8BrF6N3O2S. The van der Waals surface area contributed by atoms with Gasteiger partial charge in [0, 0.05) is 11.1 Å². The van der Waals surface area contributed by atoms with E-state index in [4.69, 9.17) is 0 Å². The number of halogens is 7. The zero-order valence-corrected chi connectivity index (χ0v) is 16.2. The van der Waals surface area contributed by atoms with Crippen molar-refractivity contribution in [1.29, 1.82) is 0 Å². The number of anilines is 1. The molecule has 1 aromatic carbocycles. The molecule has 2 aromatic heterocycles. The number of carbonyl (C=O) groups is 1. The molecule has 1 amide bonds. The van der Waals surface area contributed by atoms with Crippen molar-refractivity contribution in [3.8, 4) is 0 Å². The lowest BCUT2D eigenvalue weighted by Gasteiger charge is -2.32. The van der Waals surface area contributed by atoms with Crippen molar-refractivity contribution in [3.63, 3.8) is 0 Å². The first kappa shape index (κ1) is 21.5. The van der Waals surface area contributed by atoms with Crippen LogP contribution in [0.25, 0.3) is 10.3 Å². The minimum Gasteiger partial charge on any atom is -0.369 e. The summed E-state index contributed by atoms with van der Waals surface area (Å²) >= 11 is 4.21. The molecule has 3 rings (SSSR count). The van der Waals surface area contributed by atoms with E-state index in [0.717, 1.165) is 23.5 Å². The Morgan fingerprint density at radius 2 is 1.55 bits per heavy atom. The van der Waals surface area contributed by atoms with Crippen LogP contribution in [0.3, 0.4) is 0 Å². The maximum atomic E-state index is 12.9. The van der Waals surface area contributed by atoms with E-state index in [2.05, 4.69) is 31.2 Å². The van der Waals surface area contributed by atoms with Gasteiger partial charge in [0.1, 0.15) is 15.0 Å². The molecule has 5 nitrogen and oxygen atoms in total. The number of rotatable bonds is 3. The molecule has 154 valence electrons. The zero-order valence-electron chi connectivity index (χ0n) is 13.8. The van der Waals surface area contributed by atoms with Crippen molar-refractivity contribution in [1.82, 2.24) is 9.97 Å². The summed E-state index contributed by atoms with van der Waals surface area (Å²) in [5.74, 6) is -0.808. The van der Waals surface area contributed by atoms with Crippen molar-refractivity contribution in [2.45, 2.75) is 18.0 Å². The first-order valence-electron chi connectivity index (χ1n) is 7.54. The van der Waals surface area contributed by atoms with Gasteiger partial charge in [0.2, 0.25) is 0 Å². The maximum absolute atomic E-state index is 12.9. The highest BCUT2D eigenvalue weighted by Crippen LogP contribution is 2.49. The van der Waals surface area contributed by atoms with E-state index < -0.39 is 29.4 Å². The van der Waals surface area contributed by atoms with E-state index >= 15 is 0 Å². The van der Waals surface area contributed by atoms with Gasteiger partial charge in [0.05, 0.1) is 0 Å². The van der Waals surface area contributed by atoms with Crippen LogP contribution in [0.1, 0.15) is 15.9 Å². The summed E-state index contributed by atoms with van der Waals surface area (Å²) in [4.78, 5) is 21.0. The smallest absolute Gasteiger partial charge is 0.369 e. The van der Waals surface area contributed by atoms with Crippen LogP contribution in [-0.4, -0.2) is 33.3 Å². The fraction of sp³-hybridized carbons (Fsp3) is 0.188. The van der Waals surface area contributed by atoms with E-state index in [9.17, 15) is 36.2 Å². The fourth-order valence-electron chi connectivity index (χ4n) is 2.37. The van der Waals surface area contributed by atoms with Gasteiger partial charge >= 0.3 is 12.4 Å². The standard InChI is InChI=1S/C16H8BrF6N3O2S/c17-10-6-5-9-12(25-10)29-13(24-9)26-11(27)7-1-3-8(4-2-7)14(28,15(18,19)20)16(21,22)23/h1-6,28H,(H,24,26,27). The van der Waals surface area contributed by atoms with Gasteiger partial charge in [-0.3, -0.25) is 10.1 Å². The summed E-state index contributed by atoms with van der Waals surface area (Å²) in [6.07, 6.45) is -12.0. The number of nitrogens with zero attached hydrogens (tertiary/aromatic N) is 2. The van der Waals surface area contributed by atoms with Crippen LogP contribution in [0, 0.1) is 0 Å². The number of hydrogen-bond donors (Lipinski definition) is 2. The molecule has 2 N–H and O–H groups in total. The predicted octanol–water partition coefficient (Wildman–Crippen LogP) is 5.02. The summed E-state index contributed by atoms with van der Waals surface area (Å²) in [7, 11) is 0. The van der Waals surface area contributed by atoms with Crippen LogP contribution in [0.5, 0.6) is 0 Å². The lowest BCUT2D eigenvalue weighted by molar-refractivity contribution is -0.376. The number of pyridine rings is 1. The first-order chi connectivity index (χ1) is 13.3. The van der Waals surface area contributed by atoms with Crippen LogP contribution < -0.4 is 5.32 Å². The van der Waals surface area contributed by atoms with Crippen LogP contribution in [0.15, 0.2) is 41.0 Å². The van der Waals surface area contributed by atoms with Crippen molar-refractivity contribution < 1.29 is 36.2 Å². The Kier molecular flexibility index (Phi) is 5.34. The molecule has 0 spiro atoms. The van der Waals surface area contributed by atoms with Gasteiger partial charge in [0.25, 0.3) is 11.5 Å². The van der Waals surface area contributed by atoms with Crippen molar-refractivity contribution in [3.05, 3.63) is 52.1 Å². The Balaban J connectivity index is 1.86. The third kappa shape index (κ3) is 3.94. The summed E-state index contributed by atoms with van der Waals surface area (Å²) in [5.41, 5.74) is -6.25. The highest BCUT2D eigenvalue weighted by Gasteiger charge is 2.71. The van der Waals surface area contributed by atoms with E-state index in [-0.39, 0.29) is 10.7 Å². The number of aliphatic hydroxyl groups is 1. The first-order valence-corrected chi connectivity index (χ1v) is 9.14. The number of fused-ring (bicyclic) bond motifs is 1.